The van der Waals surface area contributed by atoms with Gasteiger partial charge < -0.3 is 10.5 Å². The van der Waals surface area contributed by atoms with Gasteiger partial charge in [0.25, 0.3) is 0 Å². The molecule has 16 heavy (non-hydrogen) atoms. The lowest BCUT2D eigenvalue weighted by atomic mass is 10.1. The van der Waals surface area contributed by atoms with Gasteiger partial charge in [0.1, 0.15) is 0 Å². The van der Waals surface area contributed by atoms with Crippen LogP contribution in [0.3, 0.4) is 0 Å². The quantitative estimate of drug-likeness (QED) is 0.777. The van der Waals surface area contributed by atoms with Crippen molar-refractivity contribution in [1.82, 2.24) is 0 Å². The van der Waals surface area contributed by atoms with Gasteiger partial charge in [0.15, 0.2) is 0 Å². The van der Waals surface area contributed by atoms with Crippen LogP contribution in [0.25, 0.3) is 6.08 Å². The Labute approximate surface area is 93.7 Å². The topological polar surface area (TPSA) is 69.4 Å². The van der Waals surface area contributed by atoms with Crippen molar-refractivity contribution in [3.63, 3.8) is 0 Å². The number of amides is 1. The zero-order valence-corrected chi connectivity index (χ0v) is 8.97. The molecule has 0 saturated heterocycles. The second-order valence-corrected chi connectivity index (χ2v) is 3.17. The number of hydrogen-bond acceptors (Lipinski definition) is 3. The van der Waals surface area contributed by atoms with Crippen LogP contribution in [-0.2, 0) is 9.53 Å². The Morgan fingerprint density at radius 2 is 1.94 bits per heavy atom. The number of ether oxygens (including phenoxy) is 1. The number of nitrogens with two attached hydrogens (primary N) is 1. The molecule has 0 atom stereocenters. The van der Waals surface area contributed by atoms with E-state index in [0.717, 1.165) is 5.56 Å². The standard InChI is InChI=1S/C12H13NO3/c1-16-11(14)4-2-3-9-5-7-10(8-6-9)12(13)15/h2-3,5-8H,4H2,1H3,(H2,13,15). The maximum Gasteiger partial charge on any atom is 0.309 e. The van der Waals surface area contributed by atoms with Gasteiger partial charge in [-0.25, -0.2) is 0 Å². The third kappa shape index (κ3) is 3.57. The molecule has 0 heterocycles. The highest BCUT2D eigenvalue weighted by molar-refractivity contribution is 5.92. The highest BCUT2D eigenvalue weighted by Gasteiger charge is 1.98. The first-order valence-corrected chi connectivity index (χ1v) is 4.76. The molecule has 0 radical (unpaired) electrons. The normalized spacial score (nSPS) is 10.3. The number of benzene rings is 1. The summed E-state index contributed by atoms with van der Waals surface area (Å²) in [5, 5.41) is 0. The van der Waals surface area contributed by atoms with Gasteiger partial charge in [-0.3, -0.25) is 9.59 Å². The largest absolute Gasteiger partial charge is 0.469 e. The van der Waals surface area contributed by atoms with Crippen molar-refractivity contribution < 1.29 is 14.3 Å². The molecule has 0 aliphatic carbocycles. The highest BCUT2D eigenvalue weighted by Crippen LogP contribution is 2.06. The molecule has 0 unspecified atom stereocenters. The second kappa shape index (κ2) is 5.70. The Hall–Kier alpha value is -2.10. The lowest BCUT2D eigenvalue weighted by molar-refractivity contribution is -0.139. The Morgan fingerprint density at radius 1 is 1.31 bits per heavy atom. The van der Waals surface area contributed by atoms with E-state index in [-0.39, 0.29) is 12.4 Å². The third-order valence-electron chi connectivity index (χ3n) is 2.02. The maximum absolute atomic E-state index is 10.8. The van der Waals surface area contributed by atoms with Gasteiger partial charge in [0, 0.05) is 5.56 Å². The molecule has 1 amide bonds. The van der Waals surface area contributed by atoms with Crippen molar-refractivity contribution in [2.24, 2.45) is 5.73 Å². The molecule has 2 N–H and O–H groups in total. The predicted octanol–water partition coefficient (Wildman–Crippen LogP) is 1.36. The molecule has 0 bridgehead atoms. The molecular formula is C12H13NO3. The molecule has 0 fully saturated rings. The number of rotatable bonds is 4. The summed E-state index contributed by atoms with van der Waals surface area (Å²) in [5.41, 5.74) is 6.46. The minimum absolute atomic E-state index is 0.230. The van der Waals surface area contributed by atoms with E-state index in [9.17, 15) is 9.59 Å². The fourth-order valence-corrected chi connectivity index (χ4v) is 1.13. The minimum Gasteiger partial charge on any atom is -0.469 e. The van der Waals surface area contributed by atoms with E-state index in [0.29, 0.717) is 5.56 Å². The first-order valence-electron chi connectivity index (χ1n) is 4.76. The Kier molecular flexibility index (Phi) is 4.27. The Balaban J connectivity index is 2.61. The van der Waals surface area contributed by atoms with E-state index in [1.54, 1.807) is 36.4 Å². The maximum atomic E-state index is 10.8. The molecule has 4 nitrogen and oxygen atoms in total. The average Bonchev–Trinajstić information content (AvgIpc) is 2.29. The second-order valence-electron chi connectivity index (χ2n) is 3.17. The molecule has 0 aliphatic heterocycles. The molecule has 0 saturated carbocycles. The molecule has 1 aromatic carbocycles. The van der Waals surface area contributed by atoms with E-state index in [4.69, 9.17) is 5.73 Å². The SMILES string of the molecule is COC(=O)CC=Cc1ccc(C(N)=O)cc1. The van der Waals surface area contributed by atoms with Crippen LogP contribution in [0.2, 0.25) is 0 Å². The zero-order chi connectivity index (χ0) is 12.0. The van der Waals surface area contributed by atoms with E-state index < -0.39 is 5.91 Å². The minimum atomic E-state index is -0.454. The summed E-state index contributed by atoms with van der Waals surface area (Å²) >= 11 is 0. The smallest absolute Gasteiger partial charge is 0.309 e. The molecule has 1 aromatic rings. The van der Waals surface area contributed by atoms with Crippen LogP contribution in [0.5, 0.6) is 0 Å². The van der Waals surface area contributed by atoms with Crippen molar-refractivity contribution in [1.29, 1.82) is 0 Å². The molecule has 0 spiro atoms. The van der Waals surface area contributed by atoms with Gasteiger partial charge in [0.2, 0.25) is 5.91 Å². The number of carbonyl (C=O) groups excluding carboxylic acids is 2. The van der Waals surface area contributed by atoms with E-state index >= 15 is 0 Å². The van der Waals surface area contributed by atoms with Crippen LogP contribution in [-0.4, -0.2) is 19.0 Å². The summed E-state index contributed by atoms with van der Waals surface area (Å²) in [6.07, 6.45) is 3.71. The summed E-state index contributed by atoms with van der Waals surface area (Å²) in [4.78, 5) is 21.6. The Morgan fingerprint density at radius 3 is 2.44 bits per heavy atom. The van der Waals surface area contributed by atoms with E-state index in [2.05, 4.69) is 4.74 Å². The van der Waals surface area contributed by atoms with Crippen LogP contribution >= 0.6 is 0 Å². The average molecular weight is 219 g/mol. The van der Waals surface area contributed by atoms with Gasteiger partial charge in [-0.1, -0.05) is 24.3 Å². The number of carbonyl (C=O) groups is 2. The first-order chi connectivity index (χ1) is 7.63. The van der Waals surface area contributed by atoms with Crippen molar-refractivity contribution in [2.75, 3.05) is 7.11 Å². The number of hydrogen-bond donors (Lipinski definition) is 1. The van der Waals surface area contributed by atoms with Crippen LogP contribution in [0, 0.1) is 0 Å². The number of esters is 1. The number of methoxy groups -OCH3 is 1. The van der Waals surface area contributed by atoms with Crippen molar-refractivity contribution in [2.45, 2.75) is 6.42 Å². The van der Waals surface area contributed by atoms with Gasteiger partial charge >= 0.3 is 5.97 Å². The van der Waals surface area contributed by atoms with Crippen LogP contribution in [0.4, 0.5) is 0 Å². The zero-order valence-electron chi connectivity index (χ0n) is 8.97. The fourth-order valence-electron chi connectivity index (χ4n) is 1.13. The molecule has 0 aromatic heterocycles. The monoisotopic (exact) mass is 219 g/mol. The third-order valence-corrected chi connectivity index (χ3v) is 2.02. The highest BCUT2D eigenvalue weighted by atomic mass is 16.5. The van der Waals surface area contributed by atoms with Gasteiger partial charge in [-0.15, -0.1) is 0 Å². The van der Waals surface area contributed by atoms with E-state index in [1.807, 2.05) is 0 Å². The fraction of sp³-hybridized carbons (Fsp3) is 0.167. The van der Waals surface area contributed by atoms with Gasteiger partial charge in [0.05, 0.1) is 13.5 Å². The Bertz CT molecular complexity index is 407. The molecular weight excluding hydrogens is 206 g/mol. The van der Waals surface area contributed by atoms with Crippen molar-refractivity contribution in [3.05, 3.63) is 41.5 Å². The van der Waals surface area contributed by atoms with E-state index in [1.165, 1.54) is 7.11 Å². The number of primary amides is 1. The first kappa shape index (κ1) is 12.0. The summed E-state index contributed by atoms with van der Waals surface area (Å²) < 4.78 is 4.49. The van der Waals surface area contributed by atoms with Crippen LogP contribution in [0.1, 0.15) is 22.3 Å². The van der Waals surface area contributed by atoms with Crippen molar-refractivity contribution in [3.8, 4) is 0 Å². The molecule has 1 rings (SSSR count). The lowest BCUT2D eigenvalue weighted by Crippen LogP contribution is -2.10. The summed E-state index contributed by atoms with van der Waals surface area (Å²) in [6, 6.07) is 6.79. The molecule has 84 valence electrons. The van der Waals surface area contributed by atoms with Gasteiger partial charge in [-0.2, -0.15) is 0 Å². The molecule has 4 heteroatoms. The summed E-state index contributed by atoms with van der Waals surface area (Å²) in [7, 11) is 1.35. The van der Waals surface area contributed by atoms with Crippen LogP contribution in [0.15, 0.2) is 30.3 Å². The van der Waals surface area contributed by atoms with Gasteiger partial charge in [-0.05, 0) is 17.7 Å². The predicted molar refractivity (Wildman–Crippen MR) is 60.6 cm³/mol. The van der Waals surface area contributed by atoms with Crippen LogP contribution < -0.4 is 5.73 Å². The summed E-state index contributed by atoms with van der Waals surface area (Å²) in [5.74, 6) is -0.741. The summed E-state index contributed by atoms with van der Waals surface area (Å²) in [6.45, 7) is 0. The van der Waals surface area contributed by atoms with Crippen molar-refractivity contribution >= 4 is 18.0 Å². The lowest BCUT2D eigenvalue weighted by Gasteiger charge is -1.96. The molecule has 0 aliphatic rings.